The molecule has 0 fully saturated rings. The molecule has 0 rings (SSSR count). The van der Waals surface area contributed by atoms with Crippen LogP contribution in [-0.2, 0) is 9.47 Å². The van der Waals surface area contributed by atoms with Gasteiger partial charge in [-0.3, -0.25) is 0 Å². The number of unbranched alkanes of at least 4 members (excludes halogenated alkanes) is 6. The summed E-state index contributed by atoms with van der Waals surface area (Å²) in [5, 5.41) is 0. The molecule has 0 aliphatic carbocycles. The summed E-state index contributed by atoms with van der Waals surface area (Å²) in [7, 11) is 1.61. The highest BCUT2D eigenvalue weighted by atomic mass is 16.7. The Morgan fingerprint density at radius 2 is 1.56 bits per heavy atom. The molecule has 0 saturated carbocycles. The summed E-state index contributed by atoms with van der Waals surface area (Å²) in [5.41, 5.74) is 0. The predicted molar refractivity (Wildman–Crippen MR) is 78.4 cm³/mol. The van der Waals surface area contributed by atoms with Crippen molar-refractivity contribution in [1.82, 2.24) is 0 Å². The van der Waals surface area contributed by atoms with Crippen LogP contribution in [0.1, 0.15) is 51.9 Å². The number of hydrogen-bond donors (Lipinski definition) is 0. The van der Waals surface area contributed by atoms with E-state index >= 15 is 0 Å². The largest absolute Gasteiger partial charge is 0.475 e. The third-order valence-corrected chi connectivity index (χ3v) is 2.55. The molecule has 0 N–H and O–H groups in total. The van der Waals surface area contributed by atoms with Gasteiger partial charge in [0.15, 0.2) is 6.79 Å². The third kappa shape index (κ3) is 15.0. The van der Waals surface area contributed by atoms with E-state index in [1.54, 1.807) is 13.4 Å². The summed E-state index contributed by atoms with van der Waals surface area (Å²) in [5.74, 6) is 0. The summed E-state index contributed by atoms with van der Waals surface area (Å²) in [6.07, 6.45) is 21.1. The van der Waals surface area contributed by atoms with Crippen LogP contribution in [-0.4, -0.2) is 13.9 Å². The van der Waals surface area contributed by atoms with Crippen molar-refractivity contribution in [1.29, 1.82) is 0 Å². The van der Waals surface area contributed by atoms with Gasteiger partial charge in [0, 0.05) is 7.11 Å². The second kappa shape index (κ2) is 16.0. The first-order valence-corrected chi connectivity index (χ1v) is 7.00. The third-order valence-electron chi connectivity index (χ3n) is 2.55. The summed E-state index contributed by atoms with van der Waals surface area (Å²) in [6, 6.07) is 0. The average molecular weight is 252 g/mol. The molecule has 0 spiro atoms. The Morgan fingerprint density at radius 3 is 2.33 bits per heavy atom. The SMILES string of the molecule is CCCCCCCCC=CC=CC=COCOC. The maximum Gasteiger partial charge on any atom is 0.187 e. The van der Waals surface area contributed by atoms with Crippen molar-refractivity contribution in [3.8, 4) is 0 Å². The molecular formula is C16H28O2. The van der Waals surface area contributed by atoms with Gasteiger partial charge in [-0.05, 0) is 18.9 Å². The standard InChI is InChI=1S/C16H28O2/c1-3-4-5-6-7-8-9-10-11-12-13-14-15-18-16-17-2/h10-15H,3-9,16H2,1-2H3. The summed E-state index contributed by atoms with van der Waals surface area (Å²) < 4.78 is 9.73. The van der Waals surface area contributed by atoms with E-state index < -0.39 is 0 Å². The zero-order chi connectivity index (χ0) is 13.3. The van der Waals surface area contributed by atoms with E-state index in [-0.39, 0.29) is 0 Å². The highest BCUT2D eigenvalue weighted by molar-refractivity contribution is 5.09. The molecule has 0 saturated heterocycles. The Bertz CT molecular complexity index is 229. The molecular weight excluding hydrogens is 224 g/mol. The smallest absolute Gasteiger partial charge is 0.187 e. The maximum absolute atomic E-state index is 5.00. The fourth-order valence-corrected chi connectivity index (χ4v) is 1.55. The summed E-state index contributed by atoms with van der Waals surface area (Å²) in [6.45, 7) is 2.56. The van der Waals surface area contributed by atoms with Crippen molar-refractivity contribution in [2.24, 2.45) is 0 Å². The van der Waals surface area contributed by atoms with Crippen molar-refractivity contribution in [2.45, 2.75) is 51.9 Å². The highest BCUT2D eigenvalue weighted by Crippen LogP contribution is 2.07. The molecule has 0 aromatic heterocycles. The van der Waals surface area contributed by atoms with E-state index in [1.165, 1.54) is 44.9 Å². The van der Waals surface area contributed by atoms with Crippen LogP contribution < -0.4 is 0 Å². The fraction of sp³-hybridized carbons (Fsp3) is 0.625. The molecule has 0 unspecified atom stereocenters. The first-order chi connectivity index (χ1) is 8.91. The van der Waals surface area contributed by atoms with E-state index in [0.717, 1.165) is 0 Å². The molecule has 0 heterocycles. The Balaban J connectivity index is 3.26. The van der Waals surface area contributed by atoms with Crippen molar-refractivity contribution >= 4 is 0 Å². The average Bonchev–Trinajstić information content (AvgIpc) is 2.39. The quantitative estimate of drug-likeness (QED) is 0.211. The molecule has 0 bridgehead atoms. The fourth-order valence-electron chi connectivity index (χ4n) is 1.55. The van der Waals surface area contributed by atoms with Crippen molar-refractivity contribution in [3.05, 3.63) is 36.6 Å². The lowest BCUT2D eigenvalue weighted by Gasteiger charge is -1.97. The molecule has 2 nitrogen and oxygen atoms in total. The predicted octanol–water partition coefficient (Wildman–Crippen LogP) is 4.98. The molecule has 0 atom stereocenters. The van der Waals surface area contributed by atoms with Gasteiger partial charge in [0.25, 0.3) is 0 Å². The van der Waals surface area contributed by atoms with Crippen LogP contribution in [0.3, 0.4) is 0 Å². The van der Waals surface area contributed by atoms with Gasteiger partial charge in [0.2, 0.25) is 0 Å². The van der Waals surface area contributed by atoms with Crippen LogP contribution >= 0.6 is 0 Å². The molecule has 0 amide bonds. The summed E-state index contributed by atoms with van der Waals surface area (Å²) in [4.78, 5) is 0. The van der Waals surface area contributed by atoms with Crippen LogP contribution in [0.25, 0.3) is 0 Å². The number of methoxy groups -OCH3 is 1. The van der Waals surface area contributed by atoms with Gasteiger partial charge in [-0.15, -0.1) is 0 Å². The second-order valence-electron chi connectivity index (χ2n) is 4.27. The monoisotopic (exact) mass is 252 g/mol. The Kier molecular flexibility index (Phi) is 15.1. The van der Waals surface area contributed by atoms with Crippen LogP contribution in [0.15, 0.2) is 36.6 Å². The molecule has 0 radical (unpaired) electrons. The summed E-state index contributed by atoms with van der Waals surface area (Å²) >= 11 is 0. The normalized spacial score (nSPS) is 12.1. The number of rotatable bonds is 12. The minimum Gasteiger partial charge on any atom is -0.475 e. The van der Waals surface area contributed by atoms with Crippen molar-refractivity contribution in [2.75, 3.05) is 13.9 Å². The number of ether oxygens (including phenoxy) is 2. The molecule has 0 aliphatic heterocycles. The molecule has 0 aromatic carbocycles. The van der Waals surface area contributed by atoms with Crippen LogP contribution in [0.5, 0.6) is 0 Å². The number of hydrogen-bond acceptors (Lipinski definition) is 2. The second-order valence-corrected chi connectivity index (χ2v) is 4.27. The minimum absolute atomic E-state index is 0.304. The lowest BCUT2D eigenvalue weighted by Crippen LogP contribution is -1.87. The Morgan fingerprint density at radius 1 is 0.833 bits per heavy atom. The van der Waals surface area contributed by atoms with Gasteiger partial charge in [-0.1, -0.05) is 63.3 Å². The number of allylic oxidation sites excluding steroid dienone is 5. The van der Waals surface area contributed by atoms with E-state index in [9.17, 15) is 0 Å². The lowest BCUT2D eigenvalue weighted by molar-refractivity contribution is 0.0199. The zero-order valence-corrected chi connectivity index (χ0v) is 11.9. The first-order valence-electron chi connectivity index (χ1n) is 7.00. The Hall–Kier alpha value is -1.02. The van der Waals surface area contributed by atoms with Gasteiger partial charge in [0.05, 0.1) is 6.26 Å². The van der Waals surface area contributed by atoms with Gasteiger partial charge in [-0.25, -0.2) is 0 Å². The highest BCUT2D eigenvalue weighted by Gasteiger charge is 1.87. The van der Waals surface area contributed by atoms with E-state index in [0.29, 0.717) is 6.79 Å². The topological polar surface area (TPSA) is 18.5 Å². The van der Waals surface area contributed by atoms with Gasteiger partial charge in [0.1, 0.15) is 0 Å². The van der Waals surface area contributed by atoms with Gasteiger partial charge < -0.3 is 9.47 Å². The first kappa shape index (κ1) is 17.0. The minimum atomic E-state index is 0.304. The van der Waals surface area contributed by atoms with Crippen LogP contribution in [0.2, 0.25) is 0 Å². The van der Waals surface area contributed by atoms with E-state index in [4.69, 9.17) is 9.47 Å². The van der Waals surface area contributed by atoms with Gasteiger partial charge in [-0.2, -0.15) is 0 Å². The maximum atomic E-state index is 5.00. The van der Waals surface area contributed by atoms with E-state index in [2.05, 4.69) is 19.1 Å². The molecule has 0 aromatic rings. The molecule has 2 heteroatoms. The van der Waals surface area contributed by atoms with E-state index in [1.807, 2.05) is 18.2 Å². The van der Waals surface area contributed by atoms with Crippen LogP contribution in [0, 0.1) is 0 Å². The lowest BCUT2D eigenvalue weighted by atomic mass is 10.1. The Labute approximate surface area is 112 Å². The van der Waals surface area contributed by atoms with Crippen LogP contribution in [0.4, 0.5) is 0 Å². The molecule has 0 aliphatic rings. The van der Waals surface area contributed by atoms with Gasteiger partial charge >= 0.3 is 0 Å². The molecule has 104 valence electrons. The van der Waals surface area contributed by atoms with Crippen molar-refractivity contribution in [3.63, 3.8) is 0 Å². The molecule has 18 heavy (non-hydrogen) atoms. The zero-order valence-electron chi connectivity index (χ0n) is 11.9. The van der Waals surface area contributed by atoms with Crippen molar-refractivity contribution < 1.29 is 9.47 Å².